The van der Waals surface area contributed by atoms with Crippen LogP contribution in [0.2, 0.25) is 0 Å². The SMILES string of the molecule is Cc1cc(S(=O)(=O)NCC2(C)CC2)cc([N+](=O)[O-])c1F. The third-order valence-electron chi connectivity index (χ3n) is 3.51. The Balaban J connectivity index is 2.33. The van der Waals surface area contributed by atoms with Crippen molar-refractivity contribution in [2.24, 2.45) is 5.41 Å². The third kappa shape index (κ3) is 2.96. The topological polar surface area (TPSA) is 89.3 Å². The molecule has 20 heavy (non-hydrogen) atoms. The Bertz CT molecular complexity index is 668. The van der Waals surface area contributed by atoms with Crippen molar-refractivity contribution in [3.63, 3.8) is 0 Å². The number of nitro benzene ring substituents is 1. The first-order valence-electron chi connectivity index (χ1n) is 6.09. The second kappa shape index (κ2) is 4.78. The van der Waals surface area contributed by atoms with E-state index >= 15 is 0 Å². The molecule has 1 aliphatic rings. The summed E-state index contributed by atoms with van der Waals surface area (Å²) in [5.41, 5.74) is -0.936. The molecule has 1 fully saturated rings. The molecule has 0 aliphatic heterocycles. The summed E-state index contributed by atoms with van der Waals surface area (Å²) in [6.07, 6.45) is 1.89. The Kier molecular flexibility index (Phi) is 3.55. The highest BCUT2D eigenvalue weighted by atomic mass is 32.2. The van der Waals surface area contributed by atoms with Gasteiger partial charge in [-0.1, -0.05) is 6.92 Å². The average molecular weight is 302 g/mol. The van der Waals surface area contributed by atoms with Crippen molar-refractivity contribution < 1.29 is 17.7 Å². The first kappa shape index (κ1) is 14.9. The predicted molar refractivity (Wildman–Crippen MR) is 70.3 cm³/mol. The van der Waals surface area contributed by atoms with E-state index in [9.17, 15) is 22.9 Å². The fourth-order valence-corrected chi connectivity index (χ4v) is 3.05. The fourth-order valence-electron chi connectivity index (χ4n) is 1.75. The highest BCUT2D eigenvalue weighted by Gasteiger charge is 2.38. The van der Waals surface area contributed by atoms with Crippen molar-refractivity contribution in [2.45, 2.75) is 31.6 Å². The van der Waals surface area contributed by atoms with E-state index in [0.717, 1.165) is 25.0 Å². The summed E-state index contributed by atoms with van der Waals surface area (Å²) >= 11 is 0. The lowest BCUT2D eigenvalue weighted by Gasteiger charge is -2.11. The van der Waals surface area contributed by atoms with E-state index in [1.807, 2.05) is 6.92 Å². The number of nitrogens with zero attached hydrogens (tertiary/aromatic N) is 1. The monoisotopic (exact) mass is 302 g/mol. The Hall–Kier alpha value is -1.54. The Morgan fingerprint density at radius 3 is 2.55 bits per heavy atom. The molecule has 0 spiro atoms. The van der Waals surface area contributed by atoms with Crippen molar-refractivity contribution >= 4 is 15.7 Å². The standard InChI is InChI=1S/C12H15FN2O4S/c1-8-5-9(6-10(11(8)13)15(16)17)20(18,19)14-7-12(2)3-4-12/h5-6,14H,3-4,7H2,1-2H3. The molecule has 110 valence electrons. The van der Waals surface area contributed by atoms with E-state index < -0.39 is 26.5 Å². The molecule has 0 saturated heterocycles. The maximum atomic E-state index is 13.5. The molecule has 2 rings (SSSR count). The van der Waals surface area contributed by atoms with Crippen LogP contribution in [0.5, 0.6) is 0 Å². The van der Waals surface area contributed by atoms with Gasteiger partial charge in [-0.25, -0.2) is 13.1 Å². The van der Waals surface area contributed by atoms with Crippen molar-refractivity contribution in [1.29, 1.82) is 0 Å². The largest absolute Gasteiger partial charge is 0.306 e. The molecular weight excluding hydrogens is 287 g/mol. The zero-order valence-corrected chi connectivity index (χ0v) is 12.0. The normalized spacial score (nSPS) is 16.9. The molecule has 0 aromatic heterocycles. The van der Waals surface area contributed by atoms with Gasteiger partial charge >= 0.3 is 5.69 Å². The number of halogens is 1. The van der Waals surface area contributed by atoms with Gasteiger partial charge in [0.2, 0.25) is 15.8 Å². The minimum Gasteiger partial charge on any atom is -0.258 e. The number of nitrogens with one attached hydrogen (secondary N) is 1. The summed E-state index contributed by atoms with van der Waals surface area (Å²) < 4.78 is 40.1. The van der Waals surface area contributed by atoms with Gasteiger partial charge in [0, 0.05) is 12.6 Å². The summed E-state index contributed by atoms with van der Waals surface area (Å²) in [6, 6.07) is 1.85. The lowest BCUT2D eigenvalue weighted by atomic mass is 10.2. The third-order valence-corrected chi connectivity index (χ3v) is 4.89. The van der Waals surface area contributed by atoms with Crippen LogP contribution in [0.25, 0.3) is 0 Å². The van der Waals surface area contributed by atoms with Gasteiger partial charge in [0.05, 0.1) is 9.82 Å². The molecule has 0 atom stereocenters. The molecule has 1 aromatic rings. The number of hydrogen-bond donors (Lipinski definition) is 1. The number of hydrogen-bond acceptors (Lipinski definition) is 4. The zero-order chi connectivity index (χ0) is 15.1. The van der Waals surface area contributed by atoms with E-state index in [-0.39, 0.29) is 22.4 Å². The minimum atomic E-state index is -3.87. The minimum absolute atomic E-state index is 0.0337. The van der Waals surface area contributed by atoms with Crippen LogP contribution in [0.3, 0.4) is 0 Å². The molecule has 0 radical (unpaired) electrons. The lowest BCUT2D eigenvalue weighted by Crippen LogP contribution is -2.29. The molecule has 1 saturated carbocycles. The second-order valence-corrected chi connectivity index (χ2v) is 7.23. The van der Waals surface area contributed by atoms with Gasteiger partial charge in [-0.05, 0) is 36.8 Å². The smallest absolute Gasteiger partial charge is 0.258 e. The Labute approximate surface area is 116 Å². The number of nitro groups is 1. The molecule has 0 unspecified atom stereocenters. The molecule has 1 aliphatic carbocycles. The molecule has 1 N–H and O–H groups in total. The van der Waals surface area contributed by atoms with E-state index in [1.165, 1.54) is 6.92 Å². The van der Waals surface area contributed by atoms with Crippen molar-refractivity contribution in [3.8, 4) is 0 Å². The van der Waals surface area contributed by atoms with Gasteiger partial charge in [0.15, 0.2) is 0 Å². The van der Waals surface area contributed by atoms with Crippen molar-refractivity contribution in [1.82, 2.24) is 4.72 Å². The summed E-state index contributed by atoms with van der Waals surface area (Å²) in [4.78, 5) is 9.52. The summed E-state index contributed by atoms with van der Waals surface area (Å²) in [5, 5.41) is 10.7. The van der Waals surface area contributed by atoms with Gasteiger partial charge in [0.25, 0.3) is 0 Å². The van der Waals surface area contributed by atoms with E-state index in [1.54, 1.807) is 0 Å². The average Bonchev–Trinajstić information content (AvgIpc) is 3.08. The highest BCUT2D eigenvalue weighted by molar-refractivity contribution is 7.89. The first-order chi connectivity index (χ1) is 9.15. The summed E-state index contributed by atoms with van der Waals surface area (Å²) in [5.74, 6) is -1.01. The van der Waals surface area contributed by atoms with E-state index in [2.05, 4.69) is 4.72 Å². The molecule has 1 aromatic carbocycles. The van der Waals surface area contributed by atoms with Crippen LogP contribution in [-0.2, 0) is 10.0 Å². The highest BCUT2D eigenvalue weighted by Crippen LogP contribution is 2.44. The van der Waals surface area contributed by atoms with Crippen LogP contribution in [0.15, 0.2) is 17.0 Å². The van der Waals surface area contributed by atoms with Gasteiger partial charge < -0.3 is 0 Å². The first-order valence-corrected chi connectivity index (χ1v) is 7.57. The van der Waals surface area contributed by atoms with Gasteiger partial charge in [-0.15, -0.1) is 0 Å². The molecule has 0 bridgehead atoms. The second-order valence-electron chi connectivity index (χ2n) is 5.47. The number of benzene rings is 1. The number of sulfonamides is 1. The quantitative estimate of drug-likeness (QED) is 0.666. The predicted octanol–water partition coefficient (Wildman–Crippen LogP) is 2.12. The van der Waals surface area contributed by atoms with Gasteiger partial charge in [0.1, 0.15) is 0 Å². The van der Waals surface area contributed by atoms with Gasteiger partial charge in [-0.3, -0.25) is 10.1 Å². The van der Waals surface area contributed by atoms with Crippen LogP contribution in [0.4, 0.5) is 10.1 Å². The van der Waals surface area contributed by atoms with Crippen LogP contribution in [0.1, 0.15) is 25.3 Å². The number of rotatable bonds is 5. The van der Waals surface area contributed by atoms with Crippen molar-refractivity contribution in [2.75, 3.05) is 6.54 Å². The van der Waals surface area contributed by atoms with Crippen molar-refractivity contribution in [3.05, 3.63) is 33.6 Å². The van der Waals surface area contributed by atoms with Crippen LogP contribution in [-0.4, -0.2) is 19.9 Å². The molecule has 0 amide bonds. The van der Waals surface area contributed by atoms with Crippen LogP contribution < -0.4 is 4.72 Å². The Morgan fingerprint density at radius 1 is 1.45 bits per heavy atom. The van der Waals surface area contributed by atoms with Crippen LogP contribution >= 0.6 is 0 Å². The lowest BCUT2D eigenvalue weighted by molar-refractivity contribution is -0.387. The summed E-state index contributed by atoms with van der Waals surface area (Å²) in [6.45, 7) is 3.52. The molecule has 6 nitrogen and oxygen atoms in total. The molecule has 0 heterocycles. The Morgan fingerprint density at radius 2 is 2.05 bits per heavy atom. The fraction of sp³-hybridized carbons (Fsp3) is 0.500. The molecular formula is C12H15FN2O4S. The maximum Gasteiger partial charge on any atom is 0.306 e. The van der Waals surface area contributed by atoms with E-state index in [0.29, 0.717) is 0 Å². The number of aryl methyl sites for hydroxylation is 1. The van der Waals surface area contributed by atoms with Crippen LogP contribution in [0, 0.1) is 28.3 Å². The maximum absolute atomic E-state index is 13.5. The molecule has 8 heteroatoms. The van der Waals surface area contributed by atoms with E-state index in [4.69, 9.17) is 0 Å². The van der Waals surface area contributed by atoms with Gasteiger partial charge in [-0.2, -0.15) is 4.39 Å². The summed E-state index contributed by atoms with van der Waals surface area (Å²) in [7, 11) is -3.87. The zero-order valence-electron chi connectivity index (χ0n) is 11.1.